The Balaban J connectivity index is 1.02. The number of anilines is 2. The van der Waals surface area contributed by atoms with Crippen LogP contribution in [0, 0.1) is 15.5 Å². The Hall–Kier alpha value is -5.19. The van der Waals surface area contributed by atoms with Gasteiger partial charge in [0.25, 0.3) is 21.6 Å². The number of carbonyl (C=O) groups is 1. The summed E-state index contributed by atoms with van der Waals surface area (Å²) in [6.45, 7) is 9.51. The van der Waals surface area contributed by atoms with E-state index in [1.807, 2.05) is 18.2 Å². The van der Waals surface area contributed by atoms with Gasteiger partial charge in [-0.05, 0) is 97.2 Å². The first kappa shape index (κ1) is 43.5. The molecule has 0 bridgehead atoms. The molecule has 2 N–H and O–H groups in total. The molecule has 17 heteroatoms. The van der Waals surface area contributed by atoms with Gasteiger partial charge in [-0.1, -0.05) is 48.7 Å². The van der Waals surface area contributed by atoms with Crippen LogP contribution in [0.5, 0.6) is 11.5 Å². The molecule has 0 saturated carbocycles. The van der Waals surface area contributed by atoms with E-state index in [0.29, 0.717) is 60.6 Å². The Morgan fingerprint density at radius 3 is 2.55 bits per heavy atom. The van der Waals surface area contributed by atoms with Gasteiger partial charge in [0.2, 0.25) is 0 Å². The average molecular weight is 903 g/mol. The molecule has 2 fully saturated rings. The summed E-state index contributed by atoms with van der Waals surface area (Å²) in [5.41, 5.74) is 5.33. The number of H-pyrrole nitrogens is 1. The van der Waals surface area contributed by atoms with Crippen LogP contribution in [-0.4, -0.2) is 93.1 Å². The van der Waals surface area contributed by atoms with Gasteiger partial charge < -0.3 is 24.3 Å². The number of allylic oxidation sites excluding steroid dienone is 1. The summed E-state index contributed by atoms with van der Waals surface area (Å²) >= 11 is 12.7. The molecule has 0 atom stereocenters. The van der Waals surface area contributed by atoms with Crippen LogP contribution in [0.1, 0.15) is 61.9 Å². The van der Waals surface area contributed by atoms with Crippen molar-refractivity contribution in [2.24, 2.45) is 5.41 Å². The number of piperazine rings is 1. The van der Waals surface area contributed by atoms with Crippen molar-refractivity contribution >= 4 is 72.8 Å². The van der Waals surface area contributed by atoms with Gasteiger partial charge in [-0.3, -0.25) is 19.8 Å². The highest BCUT2D eigenvalue weighted by Gasteiger charge is 2.32. The number of ether oxygens (including phenoxy) is 2. The van der Waals surface area contributed by atoms with Crippen molar-refractivity contribution in [2.45, 2.75) is 56.9 Å². The van der Waals surface area contributed by atoms with E-state index in [0.717, 1.165) is 61.6 Å². The standard InChI is InChI=1S/C45H49Cl2N7O7S/c1-45(2)14-10-31(37(26-45)29-4-8-38(46)39(47)23-29)28-52-16-18-53(19-17-52)33-5-7-36(42(24-33)61-34-22-30-11-15-48-43(30)49-27-34)44(55)50-62(58,59)35-6-9-40(41(25-35)54(56)57)51(3)32-12-20-60-21-13-32/h4-9,11,15,22-25,27,32H,10,12-14,16-21,26,28H2,1-3H3,(H,48,49)(H,50,55). The maximum atomic E-state index is 14.0. The quantitative estimate of drug-likeness (QED) is 0.0907. The predicted molar refractivity (Wildman–Crippen MR) is 242 cm³/mol. The van der Waals surface area contributed by atoms with E-state index in [9.17, 15) is 23.3 Å². The Morgan fingerprint density at radius 2 is 1.81 bits per heavy atom. The Kier molecular flexibility index (Phi) is 12.5. The third-order valence-electron chi connectivity index (χ3n) is 12.2. The molecule has 5 aromatic rings. The molecule has 0 spiro atoms. The summed E-state index contributed by atoms with van der Waals surface area (Å²) in [5, 5.41) is 14.1. The molecule has 3 aromatic carbocycles. The first-order chi connectivity index (χ1) is 29.6. The number of benzene rings is 3. The fraction of sp³-hybridized carbons (Fsp3) is 0.378. The molecule has 2 aromatic heterocycles. The molecule has 62 heavy (non-hydrogen) atoms. The highest BCUT2D eigenvalue weighted by molar-refractivity contribution is 7.90. The van der Waals surface area contributed by atoms with E-state index in [2.05, 4.69) is 44.4 Å². The van der Waals surface area contributed by atoms with Gasteiger partial charge in [0.05, 0.1) is 31.6 Å². The number of sulfonamides is 1. The molecule has 0 radical (unpaired) electrons. The number of rotatable bonds is 12. The summed E-state index contributed by atoms with van der Waals surface area (Å²) in [7, 11) is -2.83. The lowest BCUT2D eigenvalue weighted by Crippen LogP contribution is -2.47. The largest absolute Gasteiger partial charge is 0.455 e. The van der Waals surface area contributed by atoms with Gasteiger partial charge in [-0.2, -0.15) is 0 Å². The van der Waals surface area contributed by atoms with Gasteiger partial charge in [0, 0.05) is 88.4 Å². The lowest BCUT2D eigenvalue weighted by molar-refractivity contribution is -0.384. The number of nitrogens with one attached hydrogen (secondary N) is 2. The van der Waals surface area contributed by atoms with Crippen molar-refractivity contribution in [1.29, 1.82) is 0 Å². The van der Waals surface area contributed by atoms with Gasteiger partial charge in [0.1, 0.15) is 22.8 Å². The molecule has 2 saturated heterocycles. The third kappa shape index (κ3) is 9.57. The zero-order valence-corrected chi connectivity index (χ0v) is 37.2. The number of hydrogen-bond acceptors (Lipinski definition) is 11. The molecule has 4 heterocycles. The Labute approximate surface area is 371 Å². The molecule has 1 aliphatic carbocycles. The van der Waals surface area contributed by atoms with Gasteiger partial charge in [-0.15, -0.1) is 0 Å². The minimum atomic E-state index is -4.57. The zero-order valence-electron chi connectivity index (χ0n) is 34.8. The maximum absolute atomic E-state index is 14.0. The second-order valence-corrected chi connectivity index (χ2v) is 19.5. The minimum absolute atomic E-state index is 0.00972. The number of pyridine rings is 1. The Bertz CT molecular complexity index is 2660. The zero-order chi connectivity index (χ0) is 43.8. The average Bonchev–Trinajstić information content (AvgIpc) is 3.73. The monoisotopic (exact) mass is 901 g/mol. The molecule has 8 rings (SSSR count). The van der Waals surface area contributed by atoms with E-state index >= 15 is 0 Å². The number of nitrogens with zero attached hydrogens (tertiary/aromatic N) is 5. The number of nitro groups is 1. The van der Waals surface area contributed by atoms with Crippen molar-refractivity contribution in [3.8, 4) is 11.5 Å². The first-order valence-electron chi connectivity index (χ1n) is 20.7. The summed E-state index contributed by atoms with van der Waals surface area (Å²) in [6, 6.07) is 18.2. The Morgan fingerprint density at radius 1 is 1.03 bits per heavy atom. The number of fused-ring (bicyclic) bond motifs is 1. The number of carbonyl (C=O) groups excluding carboxylic acids is 1. The number of hydrogen-bond donors (Lipinski definition) is 2. The lowest BCUT2D eigenvalue weighted by Gasteiger charge is -2.39. The van der Waals surface area contributed by atoms with E-state index < -0.39 is 25.7 Å². The number of aromatic amines is 1. The minimum Gasteiger partial charge on any atom is -0.455 e. The van der Waals surface area contributed by atoms with Crippen molar-refractivity contribution in [2.75, 3.05) is 62.8 Å². The topological polar surface area (TPSA) is 163 Å². The van der Waals surface area contributed by atoms with Crippen LogP contribution < -0.4 is 19.3 Å². The maximum Gasteiger partial charge on any atom is 0.293 e. The fourth-order valence-electron chi connectivity index (χ4n) is 8.63. The molecule has 3 aliphatic rings. The molecule has 326 valence electrons. The molecule has 0 unspecified atom stereocenters. The summed E-state index contributed by atoms with van der Waals surface area (Å²) < 4.78 is 41.4. The summed E-state index contributed by atoms with van der Waals surface area (Å²) in [4.78, 5) is 39.1. The molecule has 2 aliphatic heterocycles. The molecule has 1 amide bonds. The van der Waals surface area contributed by atoms with E-state index in [1.165, 1.54) is 35.5 Å². The van der Waals surface area contributed by atoms with Crippen LogP contribution in [0.15, 0.2) is 89.6 Å². The number of nitro benzene ring substituents is 1. The van der Waals surface area contributed by atoms with Gasteiger partial charge in [-0.25, -0.2) is 18.1 Å². The third-order valence-corrected chi connectivity index (χ3v) is 14.3. The SMILES string of the molecule is CN(c1ccc(S(=O)(=O)NC(=O)c2ccc(N3CCN(CC4=C(c5ccc(Cl)c(Cl)c5)CC(C)(C)CC4)CC3)cc2Oc2cnc3[nH]ccc3c2)cc1[N+](=O)[O-])C1CCOCC1. The summed E-state index contributed by atoms with van der Waals surface area (Å²) in [6.07, 6.45) is 7.69. The van der Waals surface area contributed by atoms with E-state index in [-0.39, 0.29) is 34.1 Å². The second kappa shape index (κ2) is 17.9. The van der Waals surface area contributed by atoms with Crippen molar-refractivity contribution in [3.05, 3.63) is 116 Å². The van der Waals surface area contributed by atoms with Crippen LogP contribution in [0.25, 0.3) is 16.6 Å². The van der Waals surface area contributed by atoms with Crippen molar-refractivity contribution < 1.29 is 27.6 Å². The van der Waals surface area contributed by atoms with Crippen LogP contribution in [0.4, 0.5) is 17.1 Å². The van der Waals surface area contributed by atoms with Crippen molar-refractivity contribution in [1.82, 2.24) is 19.6 Å². The number of amides is 1. The van der Waals surface area contributed by atoms with Gasteiger partial charge in [0.15, 0.2) is 0 Å². The van der Waals surface area contributed by atoms with Gasteiger partial charge >= 0.3 is 0 Å². The fourth-order valence-corrected chi connectivity index (χ4v) is 9.92. The highest BCUT2D eigenvalue weighted by Crippen LogP contribution is 2.44. The van der Waals surface area contributed by atoms with Crippen LogP contribution in [-0.2, 0) is 14.8 Å². The highest BCUT2D eigenvalue weighted by atomic mass is 35.5. The number of aromatic nitrogens is 2. The molecule has 14 nitrogen and oxygen atoms in total. The summed E-state index contributed by atoms with van der Waals surface area (Å²) in [5.74, 6) is -0.493. The van der Waals surface area contributed by atoms with Crippen LogP contribution in [0.3, 0.4) is 0 Å². The second-order valence-electron chi connectivity index (χ2n) is 17.0. The van der Waals surface area contributed by atoms with Crippen molar-refractivity contribution in [3.63, 3.8) is 0 Å². The number of halogens is 2. The smallest absolute Gasteiger partial charge is 0.293 e. The lowest BCUT2D eigenvalue weighted by atomic mass is 9.72. The van der Waals surface area contributed by atoms with Crippen LogP contribution in [0.2, 0.25) is 10.0 Å². The molecular weight excluding hydrogens is 854 g/mol. The molecular formula is C45H49Cl2N7O7S. The normalized spacial score (nSPS) is 17.6. The van der Waals surface area contributed by atoms with Crippen LogP contribution >= 0.6 is 23.2 Å². The first-order valence-corrected chi connectivity index (χ1v) is 22.9. The van der Waals surface area contributed by atoms with E-state index in [4.69, 9.17) is 32.7 Å². The predicted octanol–water partition coefficient (Wildman–Crippen LogP) is 9.09. The van der Waals surface area contributed by atoms with E-state index in [1.54, 1.807) is 36.3 Å².